The van der Waals surface area contributed by atoms with Crippen LogP contribution in [0.4, 0.5) is 4.39 Å². The van der Waals surface area contributed by atoms with Crippen molar-refractivity contribution in [2.75, 3.05) is 12.4 Å². The summed E-state index contributed by atoms with van der Waals surface area (Å²) < 4.78 is 18.6. The van der Waals surface area contributed by atoms with Crippen molar-refractivity contribution in [1.29, 1.82) is 0 Å². The van der Waals surface area contributed by atoms with Crippen molar-refractivity contribution in [3.8, 4) is 5.75 Å². The molecule has 1 aromatic rings. The number of aliphatic carboxylic acids is 1. The number of halogens is 1. The van der Waals surface area contributed by atoms with E-state index in [1.54, 1.807) is 17.8 Å². The Kier molecular flexibility index (Phi) is 5.03. The van der Waals surface area contributed by atoms with Crippen LogP contribution in [0, 0.1) is 5.92 Å². The molecule has 1 saturated heterocycles. The van der Waals surface area contributed by atoms with Gasteiger partial charge >= 0.3 is 5.97 Å². The summed E-state index contributed by atoms with van der Waals surface area (Å²) in [6.07, 6.45) is 5.52. The molecule has 4 nitrogen and oxygen atoms in total. The number of rotatable bonds is 5. The highest BCUT2D eigenvalue weighted by Gasteiger charge is 2.30. The van der Waals surface area contributed by atoms with Gasteiger partial charge in [0.05, 0.1) is 12.0 Å². The van der Waals surface area contributed by atoms with Crippen molar-refractivity contribution in [3.05, 3.63) is 53.9 Å². The highest BCUT2D eigenvalue weighted by atomic mass is 32.2. The molecule has 1 heterocycles. The average molecular weight is 335 g/mol. The largest absolute Gasteiger partial charge is 0.493 e. The standard InChI is InChI=1S/C17H18FNO3S/c18-13-5-1-11(2-6-13)9-22-14-7-3-12(4-8-14)16-19-15(10-23-16)17(20)21/h1,3-8,11,15-16,19H,2,9-10H2,(H,20,21). The monoisotopic (exact) mass is 335 g/mol. The van der Waals surface area contributed by atoms with Crippen LogP contribution < -0.4 is 10.1 Å². The topological polar surface area (TPSA) is 58.6 Å². The number of hydrogen-bond acceptors (Lipinski definition) is 4. The minimum Gasteiger partial charge on any atom is -0.493 e. The van der Waals surface area contributed by atoms with Gasteiger partial charge in [0.1, 0.15) is 17.6 Å². The predicted molar refractivity (Wildman–Crippen MR) is 88.1 cm³/mol. The number of carboxylic acids is 1. The van der Waals surface area contributed by atoms with Gasteiger partial charge in [-0.3, -0.25) is 10.1 Å². The molecular formula is C17H18FNO3S. The fourth-order valence-corrected chi connectivity index (χ4v) is 3.74. The molecule has 0 saturated carbocycles. The van der Waals surface area contributed by atoms with Crippen LogP contribution in [-0.2, 0) is 4.79 Å². The lowest BCUT2D eigenvalue weighted by Gasteiger charge is -2.16. The van der Waals surface area contributed by atoms with Crippen molar-refractivity contribution in [2.45, 2.75) is 17.8 Å². The first-order valence-corrected chi connectivity index (χ1v) is 8.54. The SMILES string of the molecule is O=C(O)C1CSC(c2ccc(OCC3C=CC(F)=CC3)cc2)N1. The van der Waals surface area contributed by atoms with Gasteiger partial charge in [-0.15, -0.1) is 11.8 Å². The Morgan fingerprint density at radius 2 is 2.17 bits per heavy atom. The zero-order chi connectivity index (χ0) is 16.2. The number of thioether (sulfide) groups is 1. The molecule has 0 radical (unpaired) electrons. The van der Waals surface area contributed by atoms with Crippen molar-refractivity contribution < 1.29 is 19.0 Å². The molecule has 0 aromatic heterocycles. The maximum atomic E-state index is 12.9. The zero-order valence-corrected chi connectivity index (χ0v) is 13.3. The van der Waals surface area contributed by atoms with Gasteiger partial charge < -0.3 is 9.84 Å². The number of allylic oxidation sites excluding steroid dienone is 3. The Morgan fingerprint density at radius 1 is 1.39 bits per heavy atom. The molecule has 1 aliphatic carbocycles. The van der Waals surface area contributed by atoms with E-state index in [4.69, 9.17) is 9.84 Å². The number of nitrogens with one attached hydrogen (secondary N) is 1. The van der Waals surface area contributed by atoms with Gasteiger partial charge in [0, 0.05) is 11.7 Å². The third kappa shape index (κ3) is 4.14. The molecule has 122 valence electrons. The summed E-state index contributed by atoms with van der Waals surface area (Å²) in [5.41, 5.74) is 1.04. The Labute approximate surface area is 138 Å². The summed E-state index contributed by atoms with van der Waals surface area (Å²) in [5.74, 6) is 0.515. The van der Waals surface area contributed by atoms with Crippen LogP contribution in [-0.4, -0.2) is 29.5 Å². The maximum absolute atomic E-state index is 12.9. The lowest BCUT2D eigenvalue weighted by Crippen LogP contribution is -2.33. The molecule has 6 heteroatoms. The van der Waals surface area contributed by atoms with Gasteiger partial charge in [-0.2, -0.15) is 0 Å². The Balaban J connectivity index is 1.52. The van der Waals surface area contributed by atoms with Gasteiger partial charge in [0.2, 0.25) is 0 Å². The first-order valence-electron chi connectivity index (χ1n) is 7.49. The van der Waals surface area contributed by atoms with Gasteiger partial charge in [0.15, 0.2) is 0 Å². The van der Waals surface area contributed by atoms with Gasteiger partial charge in [0.25, 0.3) is 0 Å². The molecule has 3 unspecified atom stereocenters. The van der Waals surface area contributed by atoms with E-state index in [9.17, 15) is 9.18 Å². The minimum absolute atomic E-state index is 0.000426. The molecule has 2 N–H and O–H groups in total. The van der Waals surface area contributed by atoms with Crippen LogP contribution >= 0.6 is 11.8 Å². The minimum atomic E-state index is -0.814. The van der Waals surface area contributed by atoms with E-state index in [0.717, 1.165) is 11.3 Å². The van der Waals surface area contributed by atoms with E-state index < -0.39 is 12.0 Å². The molecule has 2 aliphatic rings. The Bertz CT molecular complexity index is 629. The van der Waals surface area contributed by atoms with Crippen LogP contribution in [0.3, 0.4) is 0 Å². The van der Waals surface area contributed by atoms with E-state index >= 15 is 0 Å². The highest BCUT2D eigenvalue weighted by molar-refractivity contribution is 7.99. The third-order valence-electron chi connectivity index (χ3n) is 3.87. The lowest BCUT2D eigenvalue weighted by atomic mass is 10.0. The quantitative estimate of drug-likeness (QED) is 0.865. The molecule has 3 atom stereocenters. The van der Waals surface area contributed by atoms with Gasteiger partial charge in [-0.25, -0.2) is 4.39 Å². The summed E-state index contributed by atoms with van der Waals surface area (Å²) in [6.45, 7) is 0.511. The number of carbonyl (C=O) groups is 1. The summed E-state index contributed by atoms with van der Waals surface area (Å²) in [5, 5.41) is 12.1. The van der Waals surface area contributed by atoms with Gasteiger partial charge in [-0.05, 0) is 36.3 Å². The molecule has 23 heavy (non-hydrogen) atoms. The van der Waals surface area contributed by atoms with Crippen molar-refractivity contribution in [1.82, 2.24) is 5.32 Å². The van der Waals surface area contributed by atoms with E-state index in [0.29, 0.717) is 18.8 Å². The van der Waals surface area contributed by atoms with Crippen molar-refractivity contribution in [2.24, 2.45) is 5.92 Å². The molecule has 1 aliphatic heterocycles. The molecule has 1 fully saturated rings. The summed E-state index contributed by atoms with van der Waals surface area (Å²) in [7, 11) is 0. The zero-order valence-electron chi connectivity index (χ0n) is 12.4. The summed E-state index contributed by atoms with van der Waals surface area (Å²) in [6, 6.07) is 7.16. The lowest BCUT2D eigenvalue weighted by molar-refractivity contribution is -0.138. The number of hydrogen-bond donors (Lipinski definition) is 2. The predicted octanol–water partition coefficient (Wildman–Crippen LogP) is 3.28. The Hall–Kier alpha value is -1.79. The Morgan fingerprint density at radius 3 is 2.78 bits per heavy atom. The molecule has 0 amide bonds. The van der Waals surface area contributed by atoms with E-state index in [-0.39, 0.29) is 17.1 Å². The van der Waals surface area contributed by atoms with E-state index in [1.165, 1.54) is 6.08 Å². The van der Waals surface area contributed by atoms with Crippen molar-refractivity contribution >= 4 is 17.7 Å². The second-order valence-electron chi connectivity index (χ2n) is 5.59. The molecule has 0 bridgehead atoms. The van der Waals surface area contributed by atoms with Crippen LogP contribution in [0.15, 0.2) is 48.3 Å². The first-order chi connectivity index (χ1) is 11.1. The number of carboxylic acid groups (broad SMARTS) is 1. The van der Waals surface area contributed by atoms with Crippen LogP contribution in [0.5, 0.6) is 5.75 Å². The van der Waals surface area contributed by atoms with Crippen molar-refractivity contribution in [3.63, 3.8) is 0 Å². The molecule has 1 aromatic carbocycles. The van der Waals surface area contributed by atoms with Crippen LogP contribution in [0.1, 0.15) is 17.4 Å². The third-order valence-corrected chi connectivity index (χ3v) is 5.14. The maximum Gasteiger partial charge on any atom is 0.321 e. The smallest absolute Gasteiger partial charge is 0.321 e. The summed E-state index contributed by atoms with van der Waals surface area (Å²) >= 11 is 1.59. The first kappa shape index (κ1) is 16.1. The number of benzene rings is 1. The fourth-order valence-electron chi connectivity index (χ4n) is 2.51. The normalized spacial score (nSPS) is 26.8. The number of ether oxygens (including phenoxy) is 1. The van der Waals surface area contributed by atoms with Crippen LogP contribution in [0.25, 0.3) is 0 Å². The fraction of sp³-hybridized carbons (Fsp3) is 0.353. The van der Waals surface area contributed by atoms with Gasteiger partial charge in [-0.1, -0.05) is 18.2 Å². The average Bonchev–Trinajstić information content (AvgIpc) is 3.05. The highest BCUT2D eigenvalue weighted by Crippen LogP contribution is 2.33. The molecular weight excluding hydrogens is 317 g/mol. The van der Waals surface area contributed by atoms with E-state index in [2.05, 4.69) is 5.32 Å². The molecule has 3 rings (SSSR count). The second-order valence-corrected chi connectivity index (χ2v) is 6.73. The molecule has 0 spiro atoms. The summed E-state index contributed by atoms with van der Waals surface area (Å²) in [4.78, 5) is 11.0. The van der Waals surface area contributed by atoms with Crippen LogP contribution in [0.2, 0.25) is 0 Å². The van der Waals surface area contributed by atoms with E-state index in [1.807, 2.05) is 30.3 Å². The second kappa shape index (κ2) is 7.19.